The van der Waals surface area contributed by atoms with Crippen LogP contribution in [0.2, 0.25) is 0 Å². The van der Waals surface area contributed by atoms with Crippen LogP contribution < -0.4 is 21.7 Å². The zero-order valence-electron chi connectivity index (χ0n) is 79.5. The summed E-state index contributed by atoms with van der Waals surface area (Å²) in [7, 11) is 4.30. The maximum absolute atomic E-state index is 13.4. The maximum atomic E-state index is 13.4. The molecule has 16 nitrogen and oxygen atoms in total. The zero-order chi connectivity index (χ0) is 92.9. The third-order valence-corrected chi connectivity index (χ3v) is 30.1. The van der Waals surface area contributed by atoms with Gasteiger partial charge in [-0.2, -0.15) is 0 Å². The first-order valence-electron chi connectivity index (χ1n) is 47.9. The van der Waals surface area contributed by atoms with E-state index in [-0.39, 0.29) is 49.0 Å². The number of nitrogens with one attached hydrogen (secondary N) is 3. The first kappa shape index (κ1) is 102. The van der Waals surface area contributed by atoms with Crippen molar-refractivity contribution in [3.8, 4) is 0 Å². The third kappa shape index (κ3) is 25.0. The summed E-state index contributed by atoms with van der Waals surface area (Å²) in [6.45, 7) is 39.1. The van der Waals surface area contributed by atoms with Gasteiger partial charge in [0.05, 0.1) is 37.4 Å². The molecule has 6 N–H and O–H groups in total. The van der Waals surface area contributed by atoms with Gasteiger partial charge >= 0.3 is 3.18 Å². The Balaban J connectivity index is 0.000000154. The molecule has 20 rings (SSSR count). The quantitative estimate of drug-likeness (QED) is 0.0197. The molecule has 0 aromatic heterocycles. The van der Waals surface area contributed by atoms with E-state index in [1.807, 2.05) is 82.3 Å². The first-order chi connectivity index (χ1) is 62.3. The van der Waals surface area contributed by atoms with Crippen molar-refractivity contribution in [2.45, 2.75) is 226 Å². The Morgan fingerprint density at radius 3 is 0.845 bits per heavy atom. The number of carbonyl (C=O) groups is 5. The van der Waals surface area contributed by atoms with Crippen LogP contribution in [0, 0.1) is 47.3 Å². The van der Waals surface area contributed by atoms with Crippen LogP contribution in [0.3, 0.4) is 0 Å². The second kappa shape index (κ2) is 47.4. The molecule has 0 radical (unpaired) electrons. The molecule has 8 bridgehead atoms. The van der Waals surface area contributed by atoms with Crippen LogP contribution in [0.5, 0.6) is 0 Å². The molecule has 4 aliphatic heterocycles. The fraction of sp³-hybridized carbons (Fsp3) is 0.514. The molecule has 20 heteroatoms. The first-order valence-corrected chi connectivity index (χ1v) is 50.7. The average molecular weight is 1950 g/mol. The zero-order valence-corrected chi connectivity index (χ0v) is 84.3. The van der Waals surface area contributed by atoms with Gasteiger partial charge < -0.3 is 36.3 Å². The maximum Gasteiger partial charge on any atom is 0.369 e. The molecule has 0 spiro atoms. The number of hydrogen-bond donors (Lipinski definition) is 5. The summed E-state index contributed by atoms with van der Waals surface area (Å²) in [5.74, 6) is 6.13. The van der Waals surface area contributed by atoms with Crippen molar-refractivity contribution < 1.29 is 38.6 Å². The van der Waals surface area contributed by atoms with E-state index in [0.717, 1.165) is 185 Å². The molecule has 8 aromatic rings. The number of aliphatic hydroxyl groups excluding tert-OH is 1. The molecule has 8 aromatic carbocycles. The molecule has 4 saturated carbocycles. The van der Waals surface area contributed by atoms with Crippen molar-refractivity contribution in [3.63, 3.8) is 0 Å². The van der Waals surface area contributed by atoms with Gasteiger partial charge in [0.2, 0.25) is 0 Å². The van der Waals surface area contributed by atoms with Gasteiger partial charge in [-0.1, -0.05) is 204 Å². The van der Waals surface area contributed by atoms with Gasteiger partial charge in [0.1, 0.15) is 6.29 Å². The Bertz CT molecular complexity index is 4580. The average Bonchev–Trinajstić information content (AvgIpc) is 1.65. The van der Waals surface area contributed by atoms with Crippen LogP contribution in [0.1, 0.15) is 251 Å². The van der Waals surface area contributed by atoms with E-state index in [1.165, 1.54) is 90.3 Å². The summed E-state index contributed by atoms with van der Waals surface area (Å²) in [4.78, 5) is 73.2. The fourth-order valence-electron chi connectivity index (χ4n) is 21.1. The lowest BCUT2D eigenvalue weighted by molar-refractivity contribution is 0.0264. The molecule has 129 heavy (non-hydrogen) atoms. The summed E-state index contributed by atoms with van der Waals surface area (Å²) in [6, 6.07) is 65.8. The monoisotopic (exact) mass is 1940 g/mol. The van der Waals surface area contributed by atoms with Crippen LogP contribution in [-0.2, 0) is 50.8 Å². The summed E-state index contributed by atoms with van der Waals surface area (Å²) in [5.41, 5.74) is 23.7. The molecule has 8 fully saturated rings. The fourth-order valence-corrected chi connectivity index (χ4v) is 21.1. The van der Waals surface area contributed by atoms with Gasteiger partial charge in [-0.05, 0) is 284 Å². The smallest absolute Gasteiger partial charge is 0.369 e. The van der Waals surface area contributed by atoms with Crippen molar-refractivity contribution in [1.82, 2.24) is 19.6 Å². The molecule has 694 valence electrons. The van der Waals surface area contributed by atoms with Gasteiger partial charge in [-0.25, -0.2) is 0 Å². The second-order valence-corrected chi connectivity index (χ2v) is 44.6. The summed E-state index contributed by atoms with van der Waals surface area (Å²) in [6.07, 6.45) is 16.1. The van der Waals surface area contributed by atoms with E-state index in [2.05, 4.69) is 275 Å². The summed E-state index contributed by atoms with van der Waals surface area (Å²) < 4.78 is 9.59. The number of aliphatic hydroxyl groups is 1. The molecule has 0 amide bonds. The highest BCUT2D eigenvalue weighted by molar-refractivity contribution is 9.69. The number of halogens is 3. The Labute approximate surface area is 797 Å². The van der Waals surface area contributed by atoms with Crippen LogP contribution in [-0.4, -0.2) is 168 Å². The van der Waals surface area contributed by atoms with Gasteiger partial charge in [-0.3, -0.25) is 43.6 Å². The molecule has 0 unspecified atom stereocenters. The predicted octanol–water partition coefficient (Wildman–Crippen LogP) is 23.1. The van der Waals surface area contributed by atoms with E-state index >= 15 is 0 Å². The molecular weight excluding hydrogens is 1800 g/mol. The molecule has 4 saturated heterocycles. The van der Waals surface area contributed by atoms with E-state index in [4.69, 9.17) is 10.8 Å². The van der Waals surface area contributed by atoms with E-state index in [0.29, 0.717) is 60.0 Å². The Hall–Kier alpha value is -7.47. The number of Topliss-reactive ketones (excluding diaryl/α,β-unsaturated/α-hetero) is 4. The minimum absolute atomic E-state index is 0.0648. The predicted molar refractivity (Wildman–Crippen MR) is 545 cm³/mol. The summed E-state index contributed by atoms with van der Waals surface area (Å²) >= 11 is 9.31. The van der Waals surface area contributed by atoms with Crippen molar-refractivity contribution in [1.29, 1.82) is 0 Å². The van der Waals surface area contributed by atoms with E-state index in [1.54, 1.807) is 26.4 Å². The molecular formula is C109H146BBr3N8O8. The Morgan fingerprint density at radius 2 is 0.620 bits per heavy atom. The van der Waals surface area contributed by atoms with Crippen LogP contribution in [0.4, 0.5) is 22.7 Å². The number of ether oxygens (including phenoxy) is 2. The lowest BCUT2D eigenvalue weighted by Gasteiger charge is -2.53. The van der Waals surface area contributed by atoms with Crippen molar-refractivity contribution in [2.24, 2.45) is 47.3 Å². The summed E-state index contributed by atoms with van der Waals surface area (Å²) in [5, 5.41) is 17.7. The van der Waals surface area contributed by atoms with Crippen LogP contribution >= 0.6 is 47.3 Å². The number of hydrogen-bond acceptors (Lipinski definition) is 16. The largest absolute Gasteiger partial charge is 0.400 e. The number of likely N-dealkylation sites (tertiary alicyclic amines) is 4. The van der Waals surface area contributed by atoms with E-state index < -0.39 is 0 Å². The van der Waals surface area contributed by atoms with Gasteiger partial charge in [-0.15, -0.1) is 47.3 Å². The van der Waals surface area contributed by atoms with E-state index in [9.17, 15) is 24.0 Å². The van der Waals surface area contributed by atoms with Gasteiger partial charge in [0.25, 0.3) is 0 Å². The molecule has 8 aliphatic carbocycles. The Morgan fingerprint density at radius 1 is 0.388 bits per heavy atom. The molecule has 4 heterocycles. The lowest BCUT2D eigenvalue weighted by Crippen LogP contribution is -2.61. The van der Waals surface area contributed by atoms with Gasteiger partial charge in [0.15, 0.2) is 23.1 Å². The number of nitrogen functional groups attached to an aromatic ring is 1. The van der Waals surface area contributed by atoms with Crippen molar-refractivity contribution in [2.75, 3.05) is 109 Å². The molecule has 12 aliphatic rings. The van der Waals surface area contributed by atoms with Crippen molar-refractivity contribution >= 4 is 103 Å². The number of fused-ring (bicyclic) bond motifs is 16. The number of anilines is 4. The highest BCUT2D eigenvalue weighted by atomic mass is 79.9. The van der Waals surface area contributed by atoms with Crippen LogP contribution in [0.15, 0.2) is 194 Å². The minimum atomic E-state index is 0.0648. The number of ketones is 4. The normalized spacial score (nSPS) is 26.3. The molecule has 12 atom stereocenters. The highest BCUT2D eigenvalue weighted by Crippen LogP contribution is 2.55. The minimum Gasteiger partial charge on any atom is -0.400 e. The second-order valence-electron chi connectivity index (χ2n) is 38.2. The third-order valence-electron chi connectivity index (χ3n) is 30.1. The standard InChI is InChI=1S/3C25H30N2O.C18H24N2O.C7H6O.C4H10O2.2C2H6.CH4O.BBr3/c3*1-17-23-24(28)21-11-10-20(26-15-18-6-4-3-5-7-18)14-22(21)25(17,2)12-13-27(23)16-19-8-9-19;1-11-16-17(21)14-6-5-13(19)9-15(14)18(11,2)7-8-20(16)10-12-3-4-12;8-6-7-4-2-1-3-5-7;1-5-3-4-6-2;3*1-2;2-1(3)4/h3*3-7,10-11,14,17,19,23,26H,8-9,12-13,15-16H2,1-2H3;5-6,9,11-12,16H,3-4,7-8,10,19H2,1-2H3;1-6H;3-4H2,1-2H3;2*1-2H3;2H,1H3;/t3*17-,23-,25-;11-,16-,18-;;;;;;/m0000....../s1. The number of rotatable bonds is 21. The number of piperidine rings is 4. The number of benzene rings is 8. The Kier molecular flexibility index (Phi) is 37.5. The SMILES string of the molecule is BrB(Br)Br.CC.CC.CO.COCCOC.C[C@H]1[C@H]2C(=O)c3ccc(N)cc3[C@@]1(C)CCN2CC1CC1.C[C@H]1[C@H]2C(=O)c3ccc(NCc4ccccc4)cc3[C@@]1(C)CCN2CC1CC1.C[C@H]1[C@H]2C(=O)c3ccc(NCc4ccccc4)cc3[C@@]1(C)CCN2CC1CC1.C[C@H]1[C@H]2C(=O)c3ccc(NCc4ccccc4)cc3[C@@]1(C)CCN2CC1CC1.O=Cc1ccccc1. The number of aldehydes is 1. The lowest BCUT2D eigenvalue weighted by atomic mass is 9.58. The number of nitrogens with two attached hydrogens (primary N) is 1. The van der Waals surface area contributed by atoms with Crippen LogP contribution in [0.25, 0.3) is 0 Å². The number of carbonyl (C=O) groups excluding carboxylic acids is 5. The number of nitrogens with zero attached hydrogens (tertiary/aromatic N) is 4. The number of methoxy groups -OCH3 is 2. The van der Waals surface area contributed by atoms with Crippen molar-refractivity contribution in [3.05, 3.63) is 261 Å². The topological polar surface area (TPSA) is 199 Å². The highest BCUT2D eigenvalue weighted by Gasteiger charge is 2.57. The van der Waals surface area contributed by atoms with Gasteiger partial charge in [0, 0.05) is 118 Å².